The minimum Gasteiger partial charge on any atom is -0.323 e. The summed E-state index contributed by atoms with van der Waals surface area (Å²) in [5.41, 5.74) is 5.67. The van der Waals surface area contributed by atoms with Crippen molar-refractivity contribution in [1.82, 2.24) is 9.97 Å². The standard InChI is InChI=1S/C14H11ClN4/c15-11-5-3-4-10(8-11)9-16-19-14-17-12-6-1-2-7-13(12)18-14/h1-9H,(H2,17,18,19)/b16-9-. The number of H-pyrrole nitrogens is 1. The second-order valence-electron chi connectivity index (χ2n) is 4.03. The Labute approximate surface area is 115 Å². The van der Waals surface area contributed by atoms with E-state index in [1.165, 1.54) is 0 Å². The van der Waals surface area contributed by atoms with Gasteiger partial charge in [0.05, 0.1) is 17.2 Å². The Morgan fingerprint density at radius 2 is 2.05 bits per heavy atom. The number of anilines is 1. The van der Waals surface area contributed by atoms with Crippen LogP contribution in [0.3, 0.4) is 0 Å². The molecule has 94 valence electrons. The number of benzene rings is 2. The van der Waals surface area contributed by atoms with E-state index in [0.717, 1.165) is 16.6 Å². The van der Waals surface area contributed by atoms with Gasteiger partial charge in [0.2, 0.25) is 5.95 Å². The average molecular weight is 271 g/mol. The molecule has 1 aromatic heterocycles. The van der Waals surface area contributed by atoms with Gasteiger partial charge in [-0.25, -0.2) is 10.4 Å². The Morgan fingerprint density at radius 1 is 1.16 bits per heavy atom. The fraction of sp³-hybridized carbons (Fsp3) is 0. The number of nitrogens with zero attached hydrogens (tertiary/aromatic N) is 2. The van der Waals surface area contributed by atoms with Crippen LogP contribution in [-0.4, -0.2) is 16.2 Å². The van der Waals surface area contributed by atoms with E-state index in [-0.39, 0.29) is 0 Å². The Balaban J connectivity index is 1.75. The normalized spacial score (nSPS) is 11.2. The molecule has 0 amide bonds. The van der Waals surface area contributed by atoms with Gasteiger partial charge in [0.15, 0.2) is 0 Å². The lowest BCUT2D eigenvalue weighted by molar-refractivity contribution is 1.21. The molecule has 19 heavy (non-hydrogen) atoms. The second-order valence-corrected chi connectivity index (χ2v) is 4.46. The van der Waals surface area contributed by atoms with Crippen LogP contribution in [0.2, 0.25) is 5.02 Å². The Hall–Kier alpha value is -2.33. The summed E-state index contributed by atoms with van der Waals surface area (Å²) in [4.78, 5) is 7.49. The zero-order chi connectivity index (χ0) is 13.1. The van der Waals surface area contributed by atoms with Crippen LogP contribution in [-0.2, 0) is 0 Å². The molecule has 0 spiro atoms. The number of fused-ring (bicyclic) bond motifs is 1. The molecule has 3 aromatic rings. The van der Waals surface area contributed by atoms with E-state index in [4.69, 9.17) is 11.6 Å². The van der Waals surface area contributed by atoms with Crippen LogP contribution in [0.4, 0.5) is 5.95 Å². The van der Waals surface area contributed by atoms with Crippen molar-refractivity contribution in [3.8, 4) is 0 Å². The van der Waals surface area contributed by atoms with Gasteiger partial charge in [0.1, 0.15) is 0 Å². The van der Waals surface area contributed by atoms with Crippen LogP contribution < -0.4 is 5.43 Å². The van der Waals surface area contributed by atoms with Crippen LogP contribution in [0.15, 0.2) is 53.6 Å². The summed E-state index contributed by atoms with van der Waals surface area (Å²) < 4.78 is 0. The number of aromatic amines is 1. The lowest BCUT2D eigenvalue weighted by Gasteiger charge is -1.95. The Morgan fingerprint density at radius 3 is 2.89 bits per heavy atom. The van der Waals surface area contributed by atoms with Crippen LogP contribution >= 0.6 is 11.6 Å². The topological polar surface area (TPSA) is 53.1 Å². The first-order chi connectivity index (χ1) is 9.31. The number of hydrogen-bond acceptors (Lipinski definition) is 3. The molecule has 3 rings (SSSR count). The lowest BCUT2D eigenvalue weighted by atomic mass is 10.2. The van der Waals surface area contributed by atoms with E-state index in [9.17, 15) is 0 Å². The minimum atomic E-state index is 0.611. The van der Waals surface area contributed by atoms with E-state index >= 15 is 0 Å². The van der Waals surface area contributed by atoms with Crippen molar-refractivity contribution in [2.24, 2.45) is 5.10 Å². The predicted octanol–water partition coefficient (Wildman–Crippen LogP) is 3.66. The van der Waals surface area contributed by atoms with Gasteiger partial charge in [-0.15, -0.1) is 0 Å². The van der Waals surface area contributed by atoms with E-state index in [1.807, 2.05) is 48.5 Å². The van der Waals surface area contributed by atoms with Gasteiger partial charge in [0.25, 0.3) is 0 Å². The highest BCUT2D eigenvalue weighted by Crippen LogP contribution is 2.13. The number of halogens is 1. The molecule has 1 heterocycles. The molecule has 0 saturated carbocycles. The highest BCUT2D eigenvalue weighted by atomic mass is 35.5. The fourth-order valence-corrected chi connectivity index (χ4v) is 1.96. The summed E-state index contributed by atoms with van der Waals surface area (Å²) in [5.74, 6) is 0.611. The molecule has 0 saturated heterocycles. The van der Waals surface area contributed by atoms with Gasteiger partial charge >= 0.3 is 0 Å². The van der Waals surface area contributed by atoms with Gasteiger partial charge in [-0.05, 0) is 29.8 Å². The second kappa shape index (κ2) is 5.12. The van der Waals surface area contributed by atoms with E-state index < -0.39 is 0 Å². The van der Waals surface area contributed by atoms with E-state index in [1.54, 1.807) is 6.21 Å². The SMILES string of the molecule is Clc1cccc(/C=N\Nc2nc3ccccc3[nH]2)c1. The molecule has 0 bridgehead atoms. The quantitative estimate of drug-likeness (QED) is 0.564. The third kappa shape index (κ3) is 2.74. The number of hydrogen-bond donors (Lipinski definition) is 2. The zero-order valence-electron chi connectivity index (χ0n) is 9.97. The number of nitrogens with one attached hydrogen (secondary N) is 2. The van der Waals surface area contributed by atoms with Crippen molar-refractivity contribution >= 4 is 34.8 Å². The van der Waals surface area contributed by atoms with Gasteiger partial charge in [-0.2, -0.15) is 5.10 Å². The lowest BCUT2D eigenvalue weighted by Crippen LogP contribution is -1.92. The number of imidazole rings is 1. The summed E-state index contributed by atoms with van der Waals surface area (Å²) in [5, 5.41) is 4.81. The third-order valence-electron chi connectivity index (χ3n) is 2.62. The Kier molecular flexibility index (Phi) is 3.16. The minimum absolute atomic E-state index is 0.611. The van der Waals surface area contributed by atoms with Crippen molar-refractivity contribution in [3.05, 3.63) is 59.1 Å². The summed E-state index contributed by atoms with van der Waals surface area (Å²) in [7, 11) is 0. The van der Waals surface area contributed by atoms with Gasteiger partial charge in [-0.3, -0.25) is 0 Å². The van der Waals surface area contributed by atoms with Crippen molar-refractivity contribution < 1.29 is 0 Å². The van der Waals surface area contributed by atoms with Crippen LogP contribution in [0.5, 0.6) is 0 Å². The monoisotopic (exact) mass is 270 g/mol. The molecule has 0 aliphatic rings. The molecule has 4 nitrogen and oxygen atoms in total. The Bertz CT molecular complexity index is 700. The number of hydrazone groups is 1. The smallest absolute Gasteiger partial charge is 0.222 e. The maximum absolute atomic E-state index is 5.89. The highest BCUT2D eigenvalue weighted by Gasteiger charge is 1.99. The first-order valence-corrected chi connectivity index (χ1v) is 6.18. The molecule has 0 fully saturated rings. The number of para-hydroxylation sites is 2. The number of rotatable bonds is 3. The third-order valence-corrected chi connectivity index (χ3v) is 2.86. The first-order valence-electron chi connectivity index (χ1n) is 5.81. The fourth-order valence-electron chi connectivity index (χ4n) is 1.76. The first kappa shape index (κ1) is 11.7. The molecule has 0 aliphatic heterocycles. The summed E-state index contributed by atoms with van der Waals surface area (Å²) in [6, 6.07) is 15.3. The zero-order valence-corrected chi connectivity index (χ0v) is 10.7. The maximum Gasteiger partial charge on any atom is 0.222 e. The molecule has 0 atom stereocenters. The molecule has 0 aliphatic carbocycles. The van der Waals surface area contributed by atoms with Gasteiger partial charge in [-0.1, -0.05) is 35.9 Å². The highest BCUT2D eigenvalue weighted by molar-refractivity contribution is 6.30. The molecule has 0 unspecified atom stereocenters. The van der Waals surface area contributed by atoms with Crippen molar-refractivity contribution in [1.29, 1.82) is 0 Å². The van der Waals surface area contributed by atoms with Crippen LogP contribution in [0.1, 0.15) is 5.56 Å². The summed E-state index contributed by atoms with van der Waals surface area (Å²) >= 11 is 5.89. The molecule has 5 heteroatoms. The molecule has 0 radical (unpaired) electrons. The van der Waals surface area contributed by atoms with Crippen molar-refractivity contribution in [2.75, 3.05) is 5.43 Å². The summed E-state index contributed by atoms with van der Waals surface area (Å²) in [6.07, 6.45) is 1.69. The van der Waals surface area contributed by atoms with Gasteiger partial charge < -0.3 is 4.98 Å². The van der Waals surface area contributed by atoms with Crippen molar-refractivity contribution in [3.63, 3.8) is 0 Å². The average Bonchev–Trinajstić information content (AvgIpc) is 2.81. The molecular formula is C14H11ClN4. The van der Waals surface area contributed by atoms with Crippen LogP contribution in [0.25, 0.3) is 11.0 Å². The van der Waals surface area contributed by atoms with E-state index in [0.29, 0.717) is 11.0 Å². The maximum atomic E-state index is 5.89. The van der Waals surface area contributed by atoms with E-state index in [2.05, 4.69) is 20.5 Å². The molecule has 2 N–H and O–H groups in total. The van der Waals surface area contributed by atoms with Crippen LogP contribution in [0, 0.1) is 0 Å². The largest absolute Gasteiger partial charge is 0.323 e. The molecular weight excluding hydrogens is 260 g/mol. The molecule has 2 aromatic carbocycles. The predicted molar refractivity (Wildman–Crippen MR) is 78.8 cm³/mol. The van der Waals surface area contributed by atoms with Crippen molar-refractivity contribution in [2.45, 2.75) is 0 Å². The summed E-state index contributed by atoms with van der Waals surface area (Å²) in [6.45, 7) is 0. The number of aromatic nitrogens is 2. The van der Waals surface area contributed by atoms with Gasteiger partial charge in [0, 0.05) is 5.02 Å².